The molecule has 0 bridgehead atoms. The highest BCUT2D eigenvalue weighted by molar-refractivity contribution is 5.93. The molecule has 2 fully saturated rings. The number of rotatable bonds is 3. The summed E-state index contributed by atoms with van der Waals surface area (Å²) >= 11 is 0. The maximum absolute atomic E-state index is 12.3. The molecule has 1 saturated carbocycles. The summed E-state index contributed by atoms with van der Waals surface area (Å²) in [6.45, 7) is -1.27. The SMILES string of the molecule is NC1(C(=O)NC2CCN(CC(F)(F)F)C2=O)CCCC1. The first-order valence-electron chi connectivity index (χ1n) is 6.67. The fourth-order valence-electron chi connectivity index (χ4n) is 2.78. The van der Waals surface area contributed by atoms with Crippen LogP contribution in [0.15, 0.2) is 0 Å². The number of hydrogen-bond donors (Lipinski definition) is 2. The molecule has 1 saturated heterocycles. The van der Waals surface area contributed by atoms with Crippen LogP contribution in [-0.4, -0.2) is 47.6 Å². The normalized spacial score (nSPS) is 26.1. The van der Waals surface area contributed by atoms with Gasteiger partial charge >= 0.3 is 6.18 Å². The van der Waals surface area contributed by atoms with Crippen molar-refractivity contribution in [2.75, 3.05) is 13.1 Å². The van der Waals surface area contributed by atoms with E-state index in [4.69, 9.17) is 5.73 Å². The first kappa shape index (κ1) is 15.1. The zero-order chi connectivity index (χ0) is 15.0. The van der Waals surface area contributed by atoms with Gasteiger partial charge in [0.05, 0.1) is 5.54 Å². The number of hydrogen-bond acceptors (Lipinski definition) is 3. The van der Waals surface area contributed by atoms with Crippen LogP contribution in [0.3, 0.4) is 0 Å². The zero-order valence-electron chi connectivity index (χ0n) is 11.0. The molecule has 1 unspecified atom stereocenters. The van der Waals surface area contributed by atoms with Gasteiger partial charge in [-0.25, -0.2) is 0 Å². The molecule has 1 atom stereocenters. The third-order valence-electron chi connectivity index (χ3n) is 3.92. The van der Waals surface area contributed by atoms with Gasteiger partial charge in [0.15, 0.2) is 0 Å². The molecule has 0 aromatic carbocycles. The van der Waals surface area contributed by atoms with Crippen LogP contribution in [0.2, 0.25) is 0 Å². The molecule has 1 aliphatic carbocycles. The van der Waals surface area contributed by atoms with Gasteiger partial charge in [-0.2, -0.15) is 13.2 Å². The molecule has 0 aromatic rings. The number of nitrogens with two attached hydrogens (primary N) is 1. The molecule has 20 heavy (non-hydrogen) atoms. The second-order valence-electron chi connectivity index (χ2n) is 5.55. The molecule has 3 N–H and O–H groups in total. The van der Waals surface area contributed by atoms with Crippen molar-refractivity contribution >= 4 is 11.8 Å². The lowest BCUT2D eigenvalue weighted by Gasteiger charge is -2.24. The van der Waals surface area contributed by atoms with Gasteiger partial charge in [0, 0.05) is 6.54 Å². The van der Waals surface area contributed by atoms with Crippen LogP contribution in [0.25, 0.3) is 0 Å². The maximum Gasteiger partial charge on any atom is 0.406 e. The second-order valence-corrected chi connectivity index (χ2v) is 5.55. The summed E-state index contributed by atoms with van der Waals surface area (Å²) in [5, 5.41) is 2.50. The fraction of sp³-hybridized carbons (Fsp3) is 0.833. The average Bonchev–Trinajstić information content (AvgIpc) is 2.89. The Hall–Kier alpha value is -1.31. The minimum atomic E-state index is -4.42. The van der Waals surface area contributed by atoms with Gasteiger partial charge in [0.25, 0.3) is 0 Å². The van der Waals surface area contributed by atoms with Crippen molar-refractivity contribution < 1.29 is 22.8 Å². The molecule has 0 aromatic heterocycles. The zero-order valence-corrected chi connectivity index (χ0v) is 11.0. The molecule has 1 heterocycles. The van der Waals surface area contributed by atoms with Crippen molar-refractivity contribution in [3.8, 4) is 0 Å². The van der Waals surface area contributed by atoms with Crippen molar-refractivity contribution in [1.29, 1.82) is 0 Å². The predicted octanol–water partition coefficient (Wildman–Crippen LogP) is 0.537. The number of amides is 2. The van der Waals surface area contributed by atoms with E-state index in [0.29, 0.717) is 12.8 Å². The maximum atomic E-state index is 12.3. The molecule has 1 aliphatic heterocycles. The van der Waals surface area contributed by atoms with Crippen LogP contribution in [0.1, 0.15) is 32.1 Å². The standard InChI is InChI=1S/C12H18F3N3O2/c13-12(14,15)7-18-6-3-8(9(18)19)17-10(20)11(16)4-1-2-5-11/h8H,1-7,16H2,(H,17,20). The summed E-state index contributed by atoms with van der Waals surface area (Å²) in [7, 11) is 0. The topological polar surface area (TPSA) is 75.4 Å². The molecule has 5 nitrogen and oxygen atoms in total. The second kappa shape index (κ2) is 5.23. The van der Waals surface area contributed by atoms with Gasteiger partial charge in [0.2, 0.25) is 11.8 Å². The number of nitrogens with zero attached hydrogens (tertiary/aromatic N) is 1. The molecular weight excluding hydrogens is 275 g/mol. The lowest BCUT2D eigenvalue weighted by molar-refractivity contribution is -0.158. The number of carbonyl (C=O) groups is 2. The number of halogens is 3. The third-order valence-corrected chi connectivity index (χ3v) is 3.92. The van der Waals surface area contributed by atoms with Gasteiger partial charge in [-0.1, -0.05) is 12.8 Å². The summed E-state index contributed by atoms with van der Waals surface area (Å²) in [4.78, 5) is 24.6. The Kier molecular flexibility index (Phi) is 3.95. The lowest BCUT2D eigenvalue weighted by atomic mass is 9.97. The summed E-state index contributed by atoms with van der Waals surface area (Å²) in [5.41, 5.74) is 4.97. The van der Waals surface area contributed by atoms with Crippen molar-refractivity contribution in [1.82, 2.24) is 10.2 Å². The summed E-state index contributed by atoms with van der Waals surface area (Å²) in [6, 6.07) is -0.883. The molecule has 114 valence electrons. The first-order valence-corrected chi connectivity index (χ1v) is 6.67. The van der Waals surface area contributed by atoms with E-state index >= 15 is 0 Å². The minimum absolute atomic E-state index is 0.000855. The van der Waals surface area contributed by atoms with Crippen LogP contribution in [-0.2, 0) is 9.59 Å². The third kappa shape index (κ3) is 3.23. The number of carbonyl (C=O) groups excluding carboxylic acids is 2. The van der Waals surface area contributed by atoms with Crippen LogP contribution in [0, 0.1) is 0 Å². The Morgan fingerprint density at radius 1 is 1.40 bits per heavy atom. The van der Waals surface area contributed by atoms with Gasteiger partial charge in [-0.15, -0.1) is 0 Å². The summed E-state index contributed by atoms with van der Waals surface area (Å²) < 4.78 is 36.8. The smallest absolute Gasteiger partial charge is 0.343 e. The van der Waals surface area contributed by atoms with E-state index in [9.17, 15) is 22.8 Å². The number of alkyl halides is 3. The minimum Gasteiger partial charge on any atom is -0.343 e. The molecule has 2 aliphatic rings. The van der Waals surface area contributed by atoms with Crippen LogP contribution >= 0.6 is 0 Å². The molecule has 2 rings (SSSR count). The van der Waals surface area contributed by atoms with Crippen molar-refractivity contribution in [2.24, 2.45) is 5.73 Å². The highest BCUT2D eigenvalue weighted by Crippen LogP contribution is 2.28. The van der Waals surface area contributed by atoms with E-state index in [1.807, 2.05) is 0 Å². The number of likely N-dealkylation sites (tertiary alicyclic amines) is 1. The van der Waals surface area contributed by atoms with E-state index in [-0.39, 0.29) is 13.0 Å². The Labute approximate surface area is 114 Å². The molecular formula is C12H18F3N3O2. The van der Waals surface area contributed by atoms with E-state index in [2.05, 4.69) is 5.32 Å². The van der Waals surface area contributed by atoms with Crippen molar-refractivity contribution in [2.45, 2.75) is 49.9 Å². The summed E-state index contributed by atoms with van der Waals surface area (Å²) in [5.74, 6) is -1.11. The molecule has 0 radical (unpaired) electrons. The lowest BCUT2D eigenvalue weighted by Crippen LogP contribution is -2.56. The first-order chi connectivity index (χ1) is 9.21. The largest absolute Gasteiger partial charge is 0.406 e. The van der Waals surface area contributed by atoms with E-state index in [1.165, 1.54) is 0 Å². The van der Waals surface area contributed by atoms with Crippen molar-refractivity contribution in [3.05, 3.63) is 0 Å². The Bertz CT molecular complexity index is 405. The Balaban J connectivity index is 1.92. The highest BCUT2D eigenvalue weighted by Gasteiger charge is 2.43. The van der Waals surface area contributed by atoms with Crippen LogP contribution in [0.4, 0.5) is 13.2 Å². The highest BCUT2D eigenvalue weighted by atomic mass is 19.4. The summed E-state index contributed by atoms with van der Waals surface area (Å²) in [6.07, 6.45) is -1.44. The Morgan fingerprint density at radius 3 is 2.55 bits per heavy atom. The van der Waals surface area contributed by atoms with Gasteiger partial charge < -0.3 is 16.0 Å². The van der Waals surface area contributed by atoms with Crippen molar-refractivity contribution in [3.63, 3.8) is 0 Å². The van der Waals surface area contributed by atoms with E-state index in [1.54, 1.807) is 0 Å². The molecule has 2 amide bonds. The van der Waals surface area contributed by atoms with Gasteiger partial charge in [0.1, 0.15) is 12.6 Å². The average molecular weight is 293 g/mol. The Morgan fingerprint density at radius 2 is 2.00 bits per heavy atom. The van der Waals surface area contributed by atoms with Crippen LogP contribution in [0.5, 0.6) is 0 Å². The van der Waals surface area contributed by atoms with Crippen LogP contribution < -0.4 is 11.1 Å². The van der Waals surface area contributed by atoms with Gasteiger partial charge in [-0.3, -0.25) is 9.59 Å². The molecule has 0 spiro atoms. The molecule has 8 heteroatoms. The van der Waals surface area contributed by atoms with E-state index in [0.717, 1.165) is 17.7 Å². The van der Waals surface area contributed by atoms with Gasteiger partial charge in [-0.05, 0) is 19.3 Å². The predicted molar refractivity (Wildman–Crippen MR) is 64.6 cm³/mol. The fourth-order valence-corrected chi connectivity index (χ4v) is 2.78. The monoisotopic (exact) mass is 293 g/mol. The van der Waals surface area contributed by atoms with E-state index < -0.39 is 36.1 Å². The quantitative estimate of drug-likeness (QED) is 0.797. The number of nitrogens with one attached hydrogen (secondary N) is 1.